The van der Waals surface area contributed by atoms with E-state index in [0.29, 0.717) is 19.6 Å². The first kappa shape index (κ1) is 13.8. The summed E-state index contributed by atoms with van der Waals surface area (Å²) in [5.41, 5.74) is 5.95. The van der Waals surface area contributed by atoms with Crippen molar-refractivity contribution in [2.24, 2.45) is 5.73 Å². The summed E-state index contributed by atoms with van der Waals surface area (Å²) in [6.45, 7) is 2.91. The minimum atomic E-state index is -0.302. The molecule has 3 N–H and O–H groups in total. The van der Waals surface area contributed by atoms with Gasteiger partial charge in [-0.15, -0.1) is 0 Å². The van der Waals surface area contributed by atoms with Crippen LogP contribution in [0.5, 0.6) is 0 Å². The number of ether oxygens (including phenoxy) is 1. The van der Waals surface area contributed by atoms with Crippen LogP contribution in [-0.4, -0.2) is 53.4 Å². The Kier molecular flexibility index (Phi) is 4.25. The summed E-state index contributed by atoms with van der Waals surface area (Å²) in [4.78, 5) is 14.2. The lowest BCUT2D eigenvalue weighted by Crippen LogP contribution is -2.54. The van der Waals surface area contributed by atoms with E-state index in [1.54, 1.807) is 0 Å². The average Bonchev–Trinajstić information content (AvgIpc) is 2.76. The third-order valence-corrected chi connectivity index (χ3v) is 4.13. The van der Waals surface area contributed by atoms with Crippen LogP contribution in [0.1, 0.15) is 39.0 Å². The highest BCUT2D eigenvalue weighted by atomic mass is 16.5. The molecule has 1 saturated heterocycles. The van der Waals surface area contributed by atoms with Crippen LogP contribution >= 0.6 is 0 Å². The summed E-state index contributed by atoms with van der Waals surface area (Å²) in [5, 5.41) is 9.12. The average molecular weight is 256 g/mol. The predicted molar refractivity (Wildman–Crippen MR) is 68.0 cm³/mol. The lowest BCUT2D eigenvalue weighted by Gasteiger charge is -2.39. The van der Waals surface area contributed by atoms with Crippen LogP contribution in [0.2, 0.25) is 0 Å². The third kappa shape index (κ3) is 3.02. The molecule has 5 nitrogen and oxygen atoms in total. The molecule has 5 heteroatoms. The first-order chi connectivity index (χ1) is 8.54. The van der Waals surface area contributed by atoms with Crippen LogP contribution in [0.25, 0.3) is 0 Å². The van der Waals surface area contributed by atoms with Gasteiger partial charge in [-0.2, -0.15) is 0 Å². The first-order valence-corrected chi connectivity index (χ1v) is 6.85. The molecule has 1 saturated carbocycles. The van der Waals surface area contributed by atoms with E-state index in [1.165, 1.54) is 0 Å². The van der Waals surface area contributed by atoms with Gasteiger partial charge in [0.2, 0.25) is 5.91 Å². The Hall–Kier alpha value is -0.650. The predicted octanol–water partition coefficient (Wildman–Crippen LogP) is 0.256. The van der Waals surface area contributed by atoms with Gasteiger partial charge in [-0.05, 0) is 19.8 Å². The third-order valence-electron chi connectivity index (χ3n) is 4.13. The Balaban J connectivity index is 1.94. The Bertz CT molecular complexity index is 303. The molecule has 1 amide bonds. The summed E-state index contributed by atoms with van der Waals surface area (Å²) in [7, 11) is 0. The molecule has 1 aliphatic carbocycles. The number of morpholine rings is 1. The van der Waals surface area contributed by atoms with Gasteiger partial charge in [0.05, 0.1) is 25.4 Å². The molecule has 2 fully saturated rings. The molecule has 2 atom stereocenters. The number of rotatable bonds is 3. The molecule has 2 aliphatic rings. The lowest BCUT2D eigenvalue weighted by atomic mass is 9.93. The van der Waals surface area contributed by atoms with Crippen molar-refractivity contribution >= 4 is 5.91 Å². The minimum absolute atomic E-state index is 0.0374. The van der Waals surface area contributed by atoms with E-state index in [2.05, 4.69) is 0 Å². The molecule has 0 bridgehead atoms. The smallest absolute Gasteiger partial charge is 0.224 e. The Labute approximate surface area is 108 Å². The van der Waals surface area contributed by atoms with Gasteiger partial charge in [0, 0.05) is 18.5 Å². The topological polar surface area (TPSA) is 75.8 Å². The molecule has 0 spiro atoms. The van der Waals surface area contributed by atoms with Gasteiger partial charge in [0.1, 0.15) is 0 Å². The Morgan fingerprint density at radius 2 is 2.17 bits per heavy atom. The number of carbonyl (C=O) groups excluding carboxylic acids is 1. The van der Waals surface area contributed by atoms with Gasteiger partial charge >= 0.3 is 0 Å². The molecular weight excluding hydrogens is 232 g/mol. The largest absolute Gasteiger partial charge is 0.394 e. The van der Waals surface area contributed by atoms with Crippen molar-refractivity contribution < 1.29 is 14.6 Å². The zero-order valence-electron chi connectivity index (χ0n) is 11.1. The standard InChI is InChI=1S/C13H24N2O3/c1-10-9-18-11(8-16)7-15(10)12(17)6-13(14)4-2-3-5-13/h10-11,16H,2-9,14H2,1H3. The zero-order chi connectivity index (χ0) is 13.2. The number of aliphatic hydroxyl groups is 1. The monoisotopic (exact) mass is 256 g/mol. The summed E-state index contributed by atoms with van der Waals surface area (Å²) >= 11 is 0. The van der Waals surface area contributed by atoms with Crippen molar-refractivity contribution in [2.75, 3.05) is 19.8 Å². The molecule has 104 valence electrons. The maximum atomic E-state index is 12.3. The van der Waals surface area contributed by atoms with Crippen LogP contribution in [0, 0.1) is 0 Å². The van der Waals surface area contributed by atoms with Crippen LogP contribution in [-0.2, 0) is 9.53 Å². The number of aliphatic hydroxyl groups excluding tert-OH is 1. The quantitative estimate of drug-likeness (QED) is 0.759. The molecule has 18 heavy (non-hydrogen) atoms. The fourth-order valence-electron chi connectivity index (χ4n) is 2.93. The van der Waals surface area contributed by atoms with Gasteiger partial charge in [0.25, 0.3) is 0 Å². The second kappa shape index (κ2) is 5.55. The second-order valence-corrected chi connectivity index (χ2v) is 5.78. The maximum absolute atomic E-state index is 12.3. The number of carbonyl (C=O) groups is 1. The van der Waals surface area contributed by atoms with Crippen molar-refractivity contribution in [3.8, 4) is 0 Å². The molecule has 2 unspecified atom stereocenters. The molecule has 1 heterocycles. The van der Waals surface area contributed by atoms with E-state index in [4.69, 9.17) is 15.6 Å². The minimum Gasteiger partial charge on any atom is -0.394 e. The van der Waals surface area contributed by atoms with Crippen molar-refractivity contribution in [3.05, 3.63) is 0 Å². The number of amides is 1. The summed E-state index contributed by atoms with van der Waals surface area (Å²) in [5.74, 6) is 0.105. The SMILES string of the molecule is CC1COC(CO)CN1C(=O)CC1(N)CCCC1. The van der Waals surface area contributed by atoms with E-state index < -0.39 is 0 Å². The Morgan fingerprint density at radius 1 is 1.50 bits per heavy atom. The van der Waals surface area contributed by atoms with Crippen molar-refractivity contribution in [1.29, 1.82) is 0 Å². The van der Waals surface area contributed by atoms with E-state index >= 15 is 0 Å². The number of hydrogen-bond acceptors (Lipinski definition) is 4. The zero-order valence-corrected chi connectivity index (χ0v) is 11.1. The van der Waals surface area contributed by atoms with Gasteiger partial charge in [-0.25, -0.2) is 0 Å². The van der Waals surface area contributed by atoms with Gasteiger partial charge in [-0.3, -0.25) is 4.79 Å². The lowest BCUT2D eigenvalue weighted by molar-refractivity contribution is -0.147. The summed E-state index contributed by atoms with van der Waals surface area (Å²) < 4.78 is 5.44. The van der Waals surface area contributed by atoms with E-state index in [1.807, 2.05) is 11.8 Å². The number of nitrogens with two attached hydrogens (primary N) is 1. The fourth-order valence-corrected chi connectivity index (χ4v) is 2.93. The summed E-state index contributed by atoms with van der Waals surface area (Å²) in [6, 6.07) is 0.0744. The molecule has 2 rings (SSSR count). The van der Waals surface area contributed by atoms with Crippen LogP contribution in [0.4, 0.5) is 0 Å². The van der Waals surface area contributed by atoms with Crippen LogP contribution < -0.4 is 5.73 Å². The number of nitrogens with zero attached hydrogens (tertiary/aromatic N) is 1. The molecule has 0 aromatic rings. The van der Waals surface area contributed by atoms with Gasteiger partial charge < -0.3 is 20.5 Å². The highest BCUT2D eigenvalue weighted by Crippen LogP contribution is 2.31. The summed E-state index contributed by atoms with van der Waals surface area (Å²) in [6.07, 6.45) is 4.32. The van der Waals surface area contributed by atoms with Crippen molar-refractivity contribution in [3.63, 3.8) is 0 Å². The maximum Gasteiger partial charge on any atom is 0.224 e. The molecular formula is C13H24N2O3. The number of hydrogen-bond donors (Lipinski definition) is 2. The van der Waals surface area contributed by atoms with Crippen molar-refractivity contribution in [2.45, 2.75) is 56.7 Å². The van der Waals surface area contributed by atoms with E-state index in [0.717, 1.165) is 25.7 Å². The van der Waals surface area contributed by atoms with E-state index in [-0.39, 0.29) is 30.2 Å². The van der Waals surface area contributed by atoms with E-state index in [9.17, 15) is 4.79 Å². The molecule has 0 aromatic carbocycles. The molecule has 1 aliphatic heterocycles. The normalized spacial score (nSPS) is 31.6. The van der Waals surface area contributed by atoms with Crippen LogP contribution in [0.3, 0.4) is 0 Å². The molecule has 0 aromatic heterocycles. The highest BCUT2D eigenvalue weighted by Gasteiger charge is 2.36. The first-order valence-electron chi connectivity index (χ1n) is 6.85. The van der Waals surface area contributed by atoms with Crippen molar-refractivity contribution in [1.82, 2.24) is 4.90 Å². The second-order valence-electron chi connectivity index (χ2n) is 5.78. The Morgan fingerprint density at radius 3 is 2.78 bits per heavy atom. The molecule has 0 radical (unpaired) electrons. The fraction of sp³-hybridized carbons (Fsp3) is 0.923. The van der Waals surface area contributed by atoms with Gasteiger partial charge in [0.15, 0.2) is 0 Å². The van der Waals surface area contributed by atoms with Gasteiger partial charge in [-0.1, -0.05) is 12.8 Å². The highest BCUT2D eigenvalue weighted by molar-refractivity contribution is 5.78. The van der Waals surface area contributed by atoms with Crippen LogP contribution in [0.15, 0.2) is 0 Å².